The molecule has 1 aliphatic heterocycles. The number of aromatic nitrogens is 3. The minimum Gasteiger partial charge on any atom is -0.394 e. The Labute approximate surface area is 134 Å². The maximum atomic E-state index is 11.9. The van der Waals surface area contributed by atoms with Gasteiger partial charge in [0.05, 0.1) is 17.6 Å². The fourth-order valence-electron chi connectivity index (χ4n) is 2.88. The van der Waals surface area contributed by atoms with Crippen molar-refractivity contribution in [1.82, 2.24) is 14.5 Å². The normalized spacial score (nSPS) is 26.8. The summed E-state index contributed by atoms with van der Waals surface area (Å²) in [5.41, 5.74) is 13.6. The van der Waals surface area contributed by atoms with E-state index in [0.29, 0.717) is 0 Å². The van der Waals surface area contributed by atoms with Crippen LogP contribution in [0, 0.1) is 0 Å². The first-order chi connectivity index (χ1) is 11.4. The Morgan fingerprint density at radius 2 is 2.08 bits per heavy atom. The topological polar surface area (TPSA) is 208 Å². The number of nitrogen functional groups attached to an aromatic ring is 2. The first kappa shape index (κ1) is 16.4. The van der Waals surface area contributed by atoms with Crippen LogP contribution in [0.3, 0.4) is 0 Å². The van der Waals surface area contributed by atoms with Crippen LogP contribution in [0.15, 0.2) is 6.33 Å². The van der Waals surface area contributed by atoms with Gasteiger partial charge in [0.25, 0.3) is 5.91 Å². The van der Waals surface area contributed by atoms with Crippen molar-refractivity contribution in [1.29, 1.82) is 0 Å². The number of nitrogens with one attached hydrogen (secondary N) is 1. The van der Waals surface area contributed by atoms with Gasteiger partial charge >= 0.3 is 0 Å². The average Bonchev–Trinajstić information content (AvgIpc) is 3.03. The number of carbonyl (C=O) groups is 1. The van der Waals surface area contributed by atoms with Crippen molar-refractivity contribution in [2.45, 2.75) is 24.5 Å². The predicted molar refractivity (Wildman–Crippen MR) is 81.3 cm³/mol. The van der Waals surface area contributed by atoms with Gasteiger partial charge in [-0.2, -0.15) is 0 Å². The zero-order valence-electron chi connectivity index (χ0n) is 12.3. The number of fused-ring (bicyclic) bond motifs is 1. The third-order valence-corrected chi connectivity index (χ3v) is 3.97. The number of anilines is 2. The zero-order valence-corrected chi connectivity index (χ0v) is 12.3. The molecule has 4 atom stereocenters. The van der Waals surface area contributed by atoms with Crippen molar-refractivity contribution in [2.24, 2.45) is 11.6 Å². The van der Waals surface area contributed by atoms with Crippen LogP contribution in [-0.2, 0) is 4.74 Å². The van der Waals surface area contributed by atoms with Gasteiger partial charge in [-0.05, 0) is 0 Å². The number of aliphatic hydroxyl groups is 3. The molecule has 1 aliphatic rings. The molecule has 0 aliphatic carbocycles. The molecular weight excluding hydrogens is 322 g/mol. The second-order valence-corrected chi connectivity index (χ2v) is 5.29. The number of rotatable bonds is 4. The number of amides is 1. The lowest BCUT2D eigenvalue weighted by atomic mass is 10.1. The Balaban J connectivity index is 2.29. The van der Waals surface area contributed by atoms with Crippen molar-refractivity contribution >= 4 is 28.6 Å². The summed E-state index contributed by atoms with van der Waals surface area (Å²) in [5.74, 6) is 4.62. The Morgan fingerprint density at radius 1 is 1.38 bits per heavy atom. The van der Waals surface area contributed by atoms with Gasteiger partial charge in [-0.15, -0.1) is 0 Å². The molecule has 0 aromatic carbocycles. The van der Waals surface area contributed by atoms with E-state index in [-0.39, 0.29) is 28.2 Å². The van der Waals surface area contributed by atoms with E-state index in [2.05, 4.69) is 15.4 Å². The van der Waals surface area contributed by atoms with Gasteiger partial charge in [0.2, 0.25) is 0 Å². The summed E-state index contributed by atoms with van der Waals surface area (Å²) < 4.78 is 6.72. The quantitative estimate of drug-likeness (QED) is 0.222. The van der Waals surface area contributed by atoms with Crippen LogP contribution in [0.25, 0.3) is 11.0 Å². The number of hydrogen-bond donors (Lipinski definition) is 7. The first-order valence-electron chi connectivity index (χ1n) is 6.95. The molecule has 130 valence electrons. The molecule has 0 saturated carbocycles. The summed E-state index contributed by atoms with van der Waals surface area (Å²) >= 11 is 0. The highest BCUT2D eigenvalue weighted by molar-refractivity contribution is 6.13. The molecule has 1 saturated heterocycles. The largest absolute Gasteiger partial charge is 0.394 e. The van der Waals surface area contributed by atoms with Crippen LogP contribution in [0.4, 0.5) is 11.6 Å². The molecule has 1 fully saturated rings. The van der Waals surface area contributed by atoms with Gasteiger partial charge in [0.15, 0.2) is 6.23 Å². The molecule has 0 bridgehead atoms. The molecule has 24 heavy (non-hydrogen) atoms. The van der Waals surface area contributed by atoms with Gasteiger partial charge in [0, 0.05) is 0 Å². The second-order valence-electron chi connectivity index (χ2n) is 5.29. The number of nitrogens with zero attached hydrogens (tertiary/aromatic N) is 3. The van der Waals surface area contributed by atoms with E-state index in [0.717, 1.165) is 6.33 Å². The number of aliphatic hydroxyl groups excluding tert-OH is 3. The molecule has 3 rings (SSSR count). The van der Waals surface area contributed by atoms with Crippen LogP contribution < -0.4 is 22.7 Å². The number of nitrogens with two attached hydrogens (primary N) is 3. The number of primary amides is 1. The van der Waals surface area contributed by atoms with Gasteiger partial charge in [-0.25, -0.2) is 15.8 Å². The molecule has 10 N–H and O–H groups in total. The molecule has 12 heteroatoms. The van der Waals surface area contributed by atoms with E-state index in [9.17, 15) is 20.1 Å². The van der Waals surface area contributed by atoms with Gasteiger partial charge in [-0.3, -0.25) is 9.36 Å². The zero-order chi connectivity index (χ0) is 17.6. The Kier molecular flexibility index (Phi) is 3.98. The van der Waals surface area contributed by atoms with E-state index in [1.807, 2.05) is 0 Å². The minimum absolute atomic E-state index is 0.0143. The van der Waals surface area contributed by atoms with Crippen LogP contribution in [0.1, 0.15) is 16.6 Å². The van der Waals surface area contributed by atoms with Crippen molar-refractivity contribution in [3.8, 4) is 0 Å². The molecule has 3 heterocycles. The third-order valence-electron chi connectivity index (χ3n) is 3.97. The average molecular weight is 339 g/mol. The van der Waals surface area contributed by atoms with E-state index < -0.39 is 37.1 Å². The fraction of sp³-hybridized carbons (Fsp3) is 0.417. The molecule has 1 amide bonds. The highest BCUT2D eigenvalue weighted by Crippen LogP contribution is 2.39. The predicted octanol–water partition coefficient (Wildman–Crippen LogP) is -2.99. The first-order valence-corrected chi connectivity index (χ1v) is 6.95. The van der Waals surface area contributed by atoms with E-state index in [1.54, 1.807) is 0 Å². The summed E-state index contributed by atoms with van der Waals surface area (Å²) in [4.78, 5) is 19.7. The summed E-state index contributed by atoms with van der Waals surface area (Å²) in [7, 11) is 0. The number of ether oxygens (including phenoxy) is 1. The van der Waals surface area contributed by atoms with Gasteiger partial charge in [0.1, 0.15) is 41.9 Å². The monoisotopic (exact) mass is 339 g/mol. The van der Waals surface area contributed by atoms with Crippen molar-refractivity contribution in [2.75, 3.05) is 17.8 Å². The third kappa shape index (κ3) is 2.16. The molecule has 0 radical (unpaired) electrons. The Hall–Kier alpha value is -2.51. The summed E-state index contributed by atoms with van der Waals surface area (Å²) in [6.45, 7) is -0.515. The fourth-order valence-corrected chi connectivity index (χ4v) is 2.88. The smallest absolute Gasteiger partial charge is 0.253 e. The standard InChI is InChI=1S/C12H17N7O5/c13-8-4-5(9(14)23)11(18-15)19(10(4)17-2-16-8)12-7(22)6(21)3(1-20)24-12/h2-3,6-7,12,18,20-22H,1,15H2,(H2,14,23)(H2,13,16,17)/t3-,6+,7+,12+/m0/s1. The highest BCUT2D eigenvalue weighted by Gasteiger charge is 2.45. The van der Waals surface area contributed by atoms with Gasteiger partial charge < -0.3 is 36.9 Å². The number of hydrogen-bond acceptors (Lipinski definition) is 10. The van der Waals surface area contributed by atoms with Gasteiger partial charge in [-0.1, -0.05) is 0 Å². The number of carbonyl (C=O) groups excluding carboxylic acids is 1. The second kappa shape index (κ2) is 5.85. The maximum absolute atomic E-state index is 11.9. The van der Waals surface area contributed by atoms with Crippen LogP contribution >= 0.6 is 0 Å². The lowest BCUT2D eigenvalue weighted by Gasteiger charge is -2.20. The summed E-state index contributed by atoms with van der Waals surface area (Å²) in [6.07, 6.45) is -3.82. The lowest BCUT2D eigenvalue weighted by Crippen LogP contribution is -2.33. The van der Waals surface area contributed by atoms with Crippen LogP contribution in [-0.4, -0.2) is 60.7 Å². The lowest BCUT2D eigenvalue weighted by molar-refractivity contribution is -0.0499. The summed E-state index contributed by atoms with van der Waals surface area (Å²) in [6, 6.07) is 0. The molecule has 0 unspecified atom stereocenters. The minimum atomic E-state index is -1.42. The maximum Gasteiger partial charge on any atom is 0.253 e. The van der Waals surface area contributed by atoms with Crippen LogP contribution in [0.2, 0.25) is 0 Å². The van der Waals surface area contributed by atoms with Crippen molar-refractivity contribution in [3.63, 3.8) is 0 Å². The van der Waals surface area contributed by atoms with Crippen LogP contribution in [0.5, 0.6) is 0 Å². The SMILES string of the molecule is NNc1c(C(N)=O)c2c(N)ncnc2n1[C@@H]1O[C@@H](CO)[C@@H](O)[C@H]1O. The van der Waals surface area contributed by atoms with Crippen molar-refractivity contribution in [3.05, 3.63) is 11.9 Å². The Morgan fingerprint density at radius 3 is 2.62 bits per heavy atom. The molecule has 2 aromatic rings. The van der Waals surface area contributed by atoms with E-state index in [1.165, 1.54) is 4.57 Å². The van der Waals surface area contributed by atoms with E-state index >= 15 is 0 Å². The highest BCUT2D eigenvalue weighted by atomic mass is 16.6. The Bertz CT molecular complexity index is 794. The summed E-state index contributed by atoms with van der Waals surface area (Å²) in [5, 5.41) is 29.6. The molecule has 12 nitrogen and oxygen atoms in total. The van der Waals surface area contributed by atoms with Crippen molar-refractivity contribution < 1.29 is 24.9 Å². The molecule has 0 spiro atoms. The van der Waals surface area contributed by atoms with E-state index in [4.69, 9.17) is 22.0 Å². The number of hydrazine groups is 1. The molecule has 2 aromatic heterocycles. The molecular formula is C12H17N7O5.